The second-order valence-corrected chi connectivity index (χ2v) is 4.38. The van der Waals surface area contributed by atoms with Gasteiger partial charge in [-0.1, -0.05) is 19.8 Å². The fraction of sp³-hybridized carbons (Fsp3) is 1.00. The molecule has 10 heteroatoms. The van der Waals surface area contributed by atoms with Crippen molar-refractivity contribution < 1.29 is 43.9 Å². The zero-order chi connectivity index (χ0) is 16.4. The lowest BCUT2D eigenvalue weighted by atomic mass is 9.87. The fourth-order valence-corrected chi connectivity index (χ4v) is 1.56. The molecular weight excluding hydrogens is 310 g/mol. The minimum Gasteiger partial charge on any atom is -0.224 e. The van der Waals surface area contributed by atoms with E-state index in [1.165, 1.54) is 6.92 Å². The third kappa shape index (κ3) is 4.41. The first-order valence-electron chi connectivity index (χ1n) is 5.56. The molecule has 0 nitrogen and oxygen atoms in total. The van der Waals surface area contributed by atoms with Crippen molar-refractivity contribution in [1.82, 2.24) is 0 Å². The summed E-state index contributed by atoms with van der Waals surface area (Å²) in [6.07, 6.45) is -22.1. The molecule has 0 N–H and O–H groups in total. The van der Waals surface area contributed by atoms with Crippen LogP contribution in [-0.2, 0) is 0 Å². The van der Waals surface area contributed by atoms with Gasteiger partial charge in [-0.05, 0) is 6.42 Å². The smallest absolute Gasteiger partial charge is 0.224 e. The summed E-state index contributed by atoms with van der Waals surface area (Å²) < 4.78 is 124. The number of unbranched alkanes of at least 4 members (excludes halogenated alkanes) is 1. The van der Waals surface area contributed by atoms with Crippen LogP contribution in [0.5, 0.6) is 0 Å². The Kier molecular flexibility index (Phi) is 5.76. The molecule has 0 bridgehead atoms. The lowest BCUT2D eigenvalue weighted by molar-refractivity contribution is -0.352. The molecule has 0 rings (SSSR count). The van der Waals surface area contributed by atoms with E-state index in [-0.39, 0.29) is 12.8 Å². The molecule has 0 aliphatic heterocycles. The molecule has 0 aromatic heterocycles. The van der Waals surface area contributed by atoms with E-state index < -0.39 is 43.0 Å². The van der Waals surface area contributed by atoms with Crippen molar-refractivity contribution >= 4 is 0 Å². The highest BCUT2D eigenvalue weighted by atomic mass is 19.4. The van der Waals surface area contributed by atoms with E-state index in [1.807, 2.05) is 0 Å². The lowest BCUT2D eigenvalue weighted by Crippen LogP contribution is -2.55. The Bertz CT molecular complexity index is 283. The van der Waals surface area contributed by atoms with E-state index in [0.29, 0.717) is 0 Å². The summed E-state index contributed by atoms with van der Waals surface area (Å²) >= 11 is 0. The van der Waals surface area contributed by atoms with Gasteiger partial charge in [0.2, 0.25) is 0 Å². The van der Waals surface area contributed by atoms with Gasteiger partial charge in [0.15, 0.2) is 0 Å². The molecule has 0 amide bonds. The van der Waals surface area contributed by atoms with Crippen LogP contribution in [0.2, 0.25) is 0 Å². The maximum atomic E-state index is 13.3. The number of hydrogen-bond donors (Lipinski definition) is 0. The average molecular weight is 322 g/mol. The minimum absolute atomic E-state index is 0.129. The molecule has 0 aliphatic carbocycles. The summed E-state index contributed by atoms with van der Waals surface area (Å²) in [5, 5.41) is 0. The molecule has 1 unspecified atom stereocenters. The van der Waals surface area contributed by atoms with Crippen LogP contribution in [0.25, 0.3) is 0 Å². The summed E-state index contributed by atoms with van der Waals surface area (Å²) in [6.45, 7) is 1.41. The van der Waals surface area contributed by atoms with Crippen molar-refractivity contribution in [1.29, 1.82) is 0 Å². The molecule has 0 spiro atoms. The van der Waals surface area contributed by atoms with Gasteiger partial charge in [-0.25, -0.2) is 4.39 Å². The summed E-state index contributed by atoms with van der Waals surface area (Å²) in [6, 6.07) is 0. The van der Waals surface area contributed by atoms with Crippen LogP contribution in [0.4, 0.5) is 43.9 Å². The summed E-state index contributed by atoms with van der Waals surface area (Å²) in [5.74, 6) is -3.00. The van der Waals surface area contributed by atoms with E-state index in [0.717, 1.165) is 0 Å². The van der Waals surface area contributed by atoms with Crippen molar-refractivity contribution in [2.24, 2.45) is 5.92 Å². The molecule has 0 saturated heterocycles. The van der Waals surface area contributed by atoms with Gasteiger partial charge >= 0.3 is 18.5 Å². The van der Waals surface area contributed by atoms with Crippen LogP contribution in [0.3, 0.4) is 0 Å². The number of halogens is 10. The molecule has 1 atom stereocenters. The molecule has 0 fully saturated rings. The Morgan fingerprint density at radius 1 is 0.750 bits per heavy atom. The zero-order valence-corrected chi connectivity index (χ0v) is 10.2. The van der Waals surface area contributed by atoms with Crippen LogP contribution in [-0.4, -0.2) is 24.2 Å². The maximum absolute atomic E-state index is 13.3. The third-order valence-corrected chi connectivity index (χ3v) is 2.80. The normalized spacial score (nSPS) is 16.4. The van der Waals surface area contributed by atoms with Crippen molar-refractivity contribution in [3.63, 3.8) is 0 Å². The largest absolute Gasteiger partial charge is 0.431 e. The van der Waals surface area contributed by atoms with Gasteiger partial charge in [0.1, 0.15) is 0 Å². The van der Waals surface area contributed by atoms with Crippen molar-refractivity contribution in [2.75, 3.05) is 0 Å². The second-order valence-electron chi connectivity index (χ2n) is 4.38. The van der Waals surface area contributed by atoms with Gasteiger partial charge in [0.25, 0.3) is 5.67 Å². The Morgan fingerprint density at radius 2 is 1.15 bits per heavy atom. The molecule has 0 aromatic rings. The fourth-order valence-electron chi connectivity index (χ4n) is 1.56. The van der Waals surface area contributed by atoms with Gasteiger partial charge < -0.3 is 0 Å². The first kappa shape index (κ1) is 19.3. The Morgan fingerprint density at radius 3 is 1.40 bits per heavy atom. The molecule has 0 heterocycles. The van der Waals surface area contributed by atoms with Crippen LogP contribution in [0, 0.1) is 5.92 Å². The number of rotatable bonds is 5. The van der Waals surface area contributed by atoms with E-state index >= 15 is 0 Å². The summed E-state index contributed by atoms with van der Waals surface area (Å²) in [4.78, 5) is 0. The first-order chi connectivity index (χ1) is 8.67. The Balaban J connectivity index is 5.42. The van der Waals surface area contributed by atoms with Crippen LogP contribution >= 0.6 is 0 Å². The van der Waals surface area contributed by atoms with Gasteiger partial charge in [0.05, 0.1) is 5.92 Å². The highest BCUT2D eigenvalue weighted by Crippen LogP contribution is 2.52. The summed E-state index contributed by atoms with van der Waals surface area (Å²) in [7, 11) is 0. The lowest BCUT2D eigenvalue weighted by Gasteiger charge is -2.33. The van der Waals surface area contributed by atoms with Crippen molar-refractivity contribution in [3.05, 3.63) is 0 Å². The molecule has 122 valence electrons. The predicted molar refractivity (Wildman–Crippen MR) is 49.6 cm³/mol. The SMILES string of the molecule is CCCCC(CC(F)(C(F)(F)F)C(F)(F)F)C(F)(F)F. The highest BCUT2D eigenvalue weighted by molar-refractivity contribution is 4.97. The van der Waals surface area contributed by atoms with Crippen molar-refractivity contribution in [2.45, 2.75) is 56.8 Å². The van der Waals surface area contributed by atoms with E-state index in [4.69, 9.17) is 0 Å². The topological polar surface area (TPSA) is 0 Å². The average Bonchev–Trinajstić information content (AvgIpc) is 2.18. The van der Waals surface area contributed by atoms with Gasteiger partial charge in [-0.15, -0.1) is 0 Å². The van der Waals surface area contributed by atoms with E-state index in [1.54, 1.807) is 0 Å². The molecule has 0 aromatic carbocycles. The summed E-state index contributed by atoms with van der Waals surface area (Å²) in [5.41, 5.74) is -5.87. The van der Waals surface area contributed by atoms with Gasteiger partial charge in [0, 0.05) is 6.42 Å². The monoisotopic (exact) mass is 322 g/mol. The molecular formula is C10H12F10. The predicted octanol–water partition coefficient (Wildman–Crippen LogP) is 5.58. The Labute approximate surface area is 108 Å². The second kappa shape index (κ2) is 5.97. The molecule has 20 heavy (non-hydrogen) atoms. The highest BCUT2D eigenvalue weighted by Gasteiger charge is 2.73. The van der Waals surface area contributed by atoms with E-state index in [9.17, 15) is 43.9 Å². The van der Waals surface area contributed by atoms with Crippen LogP contribution in [0.15, 0.2) is 0 Å². The van der Waals surface area contributed by atoms with Crippen LogP contribution < -0.4 is 0 Å². The quantitative estimate of drug-likeness (QED) is 0.580. The molecule has 0 aliphatic rings. The first-order valence-corrected chi connectivity index (χ1v) is 5.56. The van der Waals surface area contributed by atoms with Crippen molar-refractivity contribution in [3.8, 4) is 0 Å². The Hall–Kier alpha value is -0.700. The third-order valence-electron chi connectivity index (χ3n) is 2.80. The van der Waals surface area contributed by atoms with Crippen LogP contribution in [0.1, 0.15) is 32.6 Å². The minimum atomic E-state index is -6.46. The maximum Gasteiger partial charge on any atom is 0.431 e. The molecule has 0 saturated carbocycles. The standard InChI is InChI=1S/C10H12F10/c1-2-3-4-6(8(12,13)14)5-7(11,9(15,16)17)10(18,19)20/h6H,2-5H2,1H3. The number of alkyl halides is 10. The number of hydrogen-bond acceptors (Lipinski definition) is 0. The zero-order valence-electron chi connectivity index (χ0n) is 10.2. The van der Waals surface area contributed by atoms with Gasteiger partial charge in [-0.3, -0.25) is 0 Å². The van der Waals surface area contributed by atoms with E-state index in [2.05, 4.69) is 0 Å². The van der Waals surface area contributed by atoms with Gasteiger partial charge in [-0.2, -0.15) is 39.5 Å². The molecule has 0 radical (unpaired) electrons.